The Morgan fingerprint density at radius 2 is 2.13 bits per heavy atom. The maximum atomic E-state index is 11.8. The zero-order chi connectivity index (χ0) is 11.4. The third-order valence-electron chi connectivity index (χ3n) is 2.63. The molecule has 0 saturated carbocycles. The van der Waals surface area contributed by atoms with Crippen molar-refractivity contribution >= 4 is 11.9 Å². The average Bonchev–Trinajstić information content (AvgIpc) is 2.63. The minimum absolute atomic E-state index is 0.0675. The molecule has 1 aliphatic rings. The number of esters is 1. The van der Waals surface area contributed by atoms with Crippen LogP contribution in [0.2, 0.25) is 0 Å². The maximum absolute atomic E-state index is 11.8. The van der Waals surface area contributed by atoms with Crippen LogP contribution in [0.4, 0.5) is 0 Å². The van der Waals surface area contributed by atoms with Crippen molar-refractivity contribution in [3.63, 3.8) is 0 Å². The van der Waals surface area contributed by atoms with E-state index in [4.69, 9.17) is 0 Å². The molecule has 1 amide bonds. The molecule has 0 N–H and O–H groups in total. The summed E-state index contributed by atoms with van der Waals surface area (Å²) in [6, 6.07) is -0.346. The number of amides is 1. The van der Waals surface area contributed by atoms with Crippen molar-refractivity contribution < 1.29 is 14.3 Å². The zero-order valence-corrected chi connectivity index (χ0v) is 9.66. The summed E-state index contributed by atoms with van der Waals surface area (Å²) in [7, 11) is 1.37. The first kappa shape index (κ1) is 12.0. The molecule has 1 fully saturated rings. The molecule has 0 aromatic heterocycles. The fourth-order valence-corrected chi connectivity index (χ4v) is 1.91. The van der Waals surface area contributed by atoms with Crippen LogP contribution in [0, 0.1) is 5.92 Å². The summed E-state index contributed by atoms with van der Waals surface area (Å²) in [5.74, 6) is 0.110. The molecule has 1 heterocycles. The predicted molar refractivity (Wildman–Crippen MR) is 56.2 cm³/mol. The Hall–Kier alpha value is -1.06. The Kier molecular flexibility index (Phi) is 4.12. The highest BCUT2D eigenvalue weighted by Crippen LogP contribution is 2.20. The number of methoxy groups -OCH3 is 1. The van der Waals surface area contributed by atoms with Crippen LogP contribution in [0.1, 0.15) is 33.1 Å². The van der Waals surface area contributed by atoms with E-state index in [1.807, 2.05) is 13.8 Å². The second-order valence-electron chi connectivity index (χ2n) is 4.37. The third-order valence-corrected chi connectivity index (χ3v) is 2.63. The smallest absolute Gasteiger partial charge is 0.328 e. The summed E-state index contributed by atoms with van der Waals surface area (Å²) in [5, 5.41) is 0. The van der Waals surface area contributed by atoms with Gasteiger partial charge in [0.25, 0.3) is 0 Å². The maximum Gasteiger partial charge on any atom is 0.328 e. The van der Waals surface area contributed by atoms with Gasteiger partial charge in [0.05, 0.1) is 7.11 Å². The summed E-state index contributed by atoms with van der Waals surface area (Å²) >= 11 is 0. The van der Waals surface area contributed by atoms with Crippen molar-refractivity contribution in [3.8, 4) is 0 Å². The molecule has 86 valence electrons. The predicted octanol–water partition coefficient (Wildman–Crippen LogP) is 1.20. The number of carbonyl (C=O) groups is 2. The number of hydrogen-bond acceptors (Lipinski definition) is 3. The Balaban J connectivity index is 2.60. The summed E-state index contributed by atoms with van der Waals surface area (Å²) in [4.78, 5) is 24.9. The van der Waals surface area contributed by atoms with Gasteiger partial charge in [0, 0.05) is 13.0 Å². The number of nitrogens with zero attached hydrogens (tertiary/aromatic N) is 1. The molecule has 1 saturated heterocycles. The van der Waals surface area contributed by atoms with E-state index < -0.39 is 0 Å². The molecule has 4 nitrogen and oxygen atoms in total. The lowest BCUT2D eigenvalue weighted by molar-refractivity contribution is -0.151. The van der Waals surface area contributed by atoms with Crippen molar-refractivity contribution in [2.75, 3.05) is 13.7 Å². The van der Waals surface area contributed by atoms with Gasteiger partial charge in [-0.2, -0.15) is 0 Å². The van der Waals surface area contributed by atoms with Gasteiger partial charge >= 0.3 is 5.97 Å². The van der Waals surface area contributed by atoms with Crippen molar-refractivity contribution in [2.45, 2.75) is 39.2 Å². The Labute approximate surface area is 90.6 Å². The number of carbonyl (C=O) groups excluding carboxylic acids is 2. The molecule has 0 unspecified atom stereocenters. The van der Waals surface area contributed by atoms with Crippen LogP contribution in [0.3, 0.4) is 0 Å². The van der Waals surface area contributed by atoms with Crippen LogP contribution in [-0.2, 0) is 14.3 Å². The molecule has 0 spiro atoms. The molecule has 4 heteroatoms. The lowest BCUT2D eigenvalue weighted by Gasteiger charge is -2.23. The second kappa shape index (κ2) is 5.14. The first-order valence-electron chi connectivity index (χ1n) is 5.43. The highest BCUT2D eigenvalue weighted by atomic mass is 16.5. The van der Waals surface area contributed by atoms with Crippen LogP contribution in [0.5, 0.6) is 0 Å². The van der Waals surface area contributed by atoms with Gasteiger partial charge < -0.3 is 9.64 Å². The molecule has 1 atom stereocenters. The van der Waals surface area contributed by atoms with Crippen LogP contribution < -0.4 is 0 Å². The summed E-state index contributed by atoms with van der Waals surface area (Å²) in [6.45, 7) is 4.69. The highest BCUT2D eigenvalue weighted by Gasteiger charge is 2.34. The molecule has 1 rings (SSSR count). The Morgan fingerprint density at radius 1 is 1.47 bits per heavy atom. The summed E-state index contributed by atoms with van der Waals surface area (Å²) in [5.41, 5.74) is 0. The topological polar surface area (TPSA) is 46.6 Å². The number of hydrogen-bond donors (Lipinski definition) is 0. The normalized spacial score (nSPS) is 20.8. The molecular formula is C11H19NO3. The van der Waals surface area contributed by atoms with E-state index in [1.54, 1.807) is 4.90 Å². The van der Waals surface area contributed by atoms with Crippen molar-refractivity contribution in [3.05, 3.63) is 0 Å². The van der Waals surface area contributed by atoms with Crippen LogP contribution >= 0.6 is 0 Å². The van der Waals surface area contributed by atoms with Crippen LogP contribution in [-0.4, -0.2) is 36.5 Å². The SMILES string of the molecule is COC(=O)[C@H]1CCCN1C(=O)CC(C)C. The Morgan fingerprint density at radius 3 is 2.67 bits per heavy atom. The molecule has 0 bridgehead atoms. The van der Waals surface area contributed by atoms with E-state index in [0.29, 0.717) is 18.9 Å². The molecule has 0 aliphatic carbocycles. The molecule has 0 radical (unpaired) electrons. The van der Waals surface area contributed by atoms with Crippen LogP contribution in [0.25, 0.3) is 0 Å². The van der Waals surface area contributed by atoms with Crippen molar-refractivity contribution in [1.29, 1.82) is 0 Å². The fourth-order valence-electron chi connectivity index (χ4n) is 1.91. The van der Waals surface area contributed by atoms with E-state index in [0.717, 1.165) is 12.8 Å². The van der Waals surface area contributed by atoms with E-state index in [-0.39, 0.29) is 17.9 Å². The molecule has 15 heavy (non-hydrogen) atoms. The van der Waals surface area contributed by atoms with Gasteiger partial charge in [0.15, 0.2) is 0 Å². The van der Waals surface area contributed by atoms with Gasteiger partial charge in [-0.15, -0.1) is 0 Å². The largest absolute Gasteiger partial charge is 0.467 e. The molecular weight excluding hydrogens is 194 g/mol. The van der Waals surface area contributed by atoms with E-state index in [9.17, 15) is 9.59 Å². The third kappa shape index (κ3) is 2.94. The average molecular weight is 213 g/mol. The molecule has 0 aromatic carbocycles. The van der Waals surface area contributed by atoms with Gasteiger partial charge in [-0.1, -0.05) is 13.8 Å². The van der Waals surface area contributed by atoms with Gasteiger partial charge in [0.1, 0.15) is 6.04 Å². The summed E-state index contributed by atoms with van der Waals surface area (Å²) in [6.07, 6.45) is 2.13. The van der Waals surface area contributed by atoms with E-state index in [2.05, 4.69) is 4.74 Å². The Bertz CT molecular complexity index is 250. The fraction of sp³-hybridized carbons (Fsp3) is 0.818. The monoisotopic (exact) mass is 213 g/mol. The number of ether oxygens (including phenoxy) is 1. The van der Waals surface area contributed by atoms with Gasteiger partial charge in [-0.3, -0.25) is 4.79 Å². The lowest BCUT2D eigenvalue weighted by atomic mass is 10.1. The second-order valence-corrected chi connectivity index (χ2v) is 4.37. The van der Waals surface area contributed by atoms with Gasteiger partial charge in [-0.05, 0) is 18.8 Å². The van der Waals surface area contributed by atoms with Crippen molar-refractivity contribution in [1.82, 2.24) is 4.90 Å². The quantitative estimate of drug-likeness (QED) is 0.662. The van der Waals surface area contributed by atoms with E-state index >= 15 is 0 Å². The molecule has 0 aromatic rings. The first-order chi connectivity index (χ1) is 7.06. The minimum Gasteiger partial charge on any atom is -0.467 e. The summed E-state index contributed by atoms with van der Waals surface area (Å²) < 4.78 is 4.69. The first-order valence-corrected chi connectivity index (χ1v) is 5.43. The van der Waals surface area contributed by atoms with Crippen molar-refractivity contribution in [2.24, 2.45) is 5.92 Å². The number of rotatable bonds is 3. The highest BCUT2D eigenvalue weighted by molar-refractivity contribution is 5.85. The van der Waals surface area contributed by atoms with Gasteiger partial charge in [0.2, 0.25) is 5.91 Å². The minimum atomic E-state index is -0.346. The zero-order valence-electron chi connectivity index (χ0n) is 9.66. The van der Waals surface area contributed by atoms with Gasteiger partial charge in [-0.25, -0.2) is 4.79 Å². The lowest BCUT2D eigenvalue weighted by Crippen LogP contribution is -2.41. The molecule has 1 aliphatic heterocycles. The van der Waals surface area contributed by atoms with E-state index in [1.165, 1.54) is 7.11 Å². The standard InChI is InChI=1S/C11H19NO3/c1-8(2)7-10(13)12-6-4-5-9(12)11(14)15-3/h8-9H,4-7H2,1-3H3/t9-/m1/s1. The van der Waals surface area contributed by atoms with Crippen LogP contribution in [0.15, 0.2) is 0 Å². The number of likely N-dealkylation sites (tertiary alicyclic amines) is 1.